The molecule has 1 rings (SSSR count). The first-order valence-electron chi connectivity index (χ1n) is 4.87. The van der Waals surface area contributed by atoms with Gasteiger partial charge in [0.25, 0.3) is 0 Å². The summed E-state index contributed by atoms with van der Waals surface area (Å²) in [5.41, 5.74) is 3.11. The maximum atomic E-state index is 5.32. The summed E-state index contributed by atoms with van der Waals surface area (Å²) >= 11 is 1.73. The number of thiazole rings is 1. The van der Waals surface area contributed by atoms with Crippen molar-refractivity contribution in [1.82, 2.24) is 9.88 Å². The third-order valence-electron chi connectivity index (χ3n) is 1.87. The molecule has 0 aliphatic heterocycles. The van der Waals surface area contributed by atoms with Gasteiger partial charge in [0.05, 0.1) is 17.8 Å². The van der Waals surface area contributed by atoms with Gasteiger partial charge in [-0.1, -0.05) is 0 Å². The molecule has 1 aromatic heterocycles. The molecule has 0 amide bonds. The summed E-state index contributed by atoms with van der Waals surface area (Å²) < 4.78 is 5.32. The van der Waals surface area contributed by atoms with Gasteiger partial charge in [0, 0.05) is 24.4 Å². The van der Waals surface area contributed by atoms with Crippen molar-refractivity contribution < 1.29 is 4.74 Å². The van der Waals surface area contributed by atoms with E-state index in [2.05, 4.69) is 24.0 Å². The quantitative estimate of drug-likeness (QED) is 0.675. The molecule has 3 nitrogen and oxygen atoms in total. The summed E-state index contributed by atoms with van der Waals surface area (Å²) in [7, 11) is 4.15. The molecule has 1 aromatic rings. The molecular weight excluding hydrogens is 196 g/mol. The van der Waals surface area contributed by atoms with Crippen molar-refractivity contribution in [3.8, 4) is 0 Å². The third-order valence-corrected chi connectivity index (χ3v) is 2.73. The Balaban J connectivity index is 2.45. The van der Waals surface area contributed by atoms with Crippen molar-refractivity contribution in [3.63, 3.8) is 0 Å². The highest BCUT2D eigenvalue weighted by molar-refractivity contribution is 7.09. The summed E-state index contributed by atoms with van der Waals surface area (Å²) in [6.07, 6.45) is 0.931. The van der Waals surface area contributed by atoms with Crippen molar-refractivity contribution in [2.75, 3.05) is 27.3 Å². The Hall–Kier alpha value is -0.450. The van der Waals surface area contributed by atoms with Gasteiger partial charge in [-0.05, 0) is 21.0 Å². The SMILES string of the molecule is CCOCCc1ncsc1CN(C)C. The van der Waals surface area contributed by atoms with Gasteiger partial charge in [-0.25, -0.2) is 4.98 Å². The Morgan fingerprint density at radius 1 is 1.50 bits per heavy atom. The van der Waals surface area contributed by atoms with Crippen LogP contribution < -0.4 is 0 Å². The van der Waals surface area contributed by atoms with E-state index < -0.39 is 0 Å². The molecule has 0 aromatic carbocycles. The molecule has 0 bridgehead atoms. The van der Waals surface area contributed by atoms with E-state index in [-0.39, 0.29) is 0 Å². The summed E-state index contributed by atoms with van der Waals surface area (Å²) in [6.45, 7) is 4.56. The molecule has 0 fully saturated rings. The number of rotatable bonds is 6. The number of hydrogen-bond donors (Lipinski definition) is 0. The standard InChI is InChI=1S/C10H18N2OS/c1-4-13-6-5-9-10(7-12(2)3)14-8-11-9/h8H,4-7H2,1-3H3. The second-order valence-electron chi connectivity index (χ2n) is 3.41. The van der Waals surface area contributed by atoms with E-state index in [4.69, 9.17) is 4.74 Å². The Morgan fingerprint density at radius 2 is 2.29 bits per heavy atom. The minimum atomic E-state index is 0.778. The van der Waals surface area contributed by atoms with Crippen molar-refractivity contribution >= 4 is 11.3 Å². The number of hydrogen-bond acceptors (Lipinski definition) is 4. The molecule has 80 valence electrons. The molecule has 0 aliphatic carbocycles. The van der Waals surface area contributed by atoms with Crippen LogP contribution in [0.4, 0.5) is 0 Å². The maximum absolute atomic E-state index is 5.32. The van der Waals surface area contributed by atoms with Gasteiger partial charge in [0.2, 0.25) is 0 Å². The lowest BCUT2D eigenvalue weighted by Crippen LogP contribution is -2.11. The van der Waals surface area contributed by atoms with Crippen LogP contribution in [0.2, 0.25) is 0 Å². The van der Waals surface area contributed by atoms with Crippen LogP contribution in [0.5, 0.6) is 0 Å². The fraction of sp³-hybridized carbons (Fsp3) is 0.700. The van der Waals surface area contributed by atoms with Gasteiger partial charge in [-0.3, -0.25) is 0 Å². The molecular formula is C10H18N2OS. The van der Waals surface area contributed by atoms with Gasteiger partial charge >= 0.3 is 0 Å². The molecule has 14 heavy (non-hydrogen) atoms. The molecule has 1 heterocycles. The number of ether oxygens (including phenoxy) is 1. The molecule has 4 heteroatoms. The smallest absolute Gasteiger partial charge is 0.0798 e. The molecule has 0 saturated heterocycles. The fourth-order valence-corrected chi connectivity index (χ4v) is 2.16. The van der Waals surface area contributed by atoms with Crippen molar-refractivity contribution in [1.29, 1.82) is 0 Å². The highest BCUT2D eigenvalue weighted by Gasteiger charge is 2.06. The Bertz CT molecular complexity index is 260. The average molecular weight is 214 g/mol. The first kappa shape index (κ1) is 11.6. The lowest BCUT2D eigenvalue weighted by atomic mass is 10.3. The second kappa shape index (κ2) is 6.11. The molecule has 0 atom stereocenters. The van der Waals surface area contributed by atoms with E-state index >= 15 is 0 Å². The van der Waals surface area contributed by atoms with E-state index in [0.29, 0.717) is 0 Å². The predicted molar refractivity (Wildman–Crippen MR) is 59.7 cm³/mol. The normalized spacial score (nSPS) is 11.1. The van der Waals surface area contributed by atoms with Crippen LogP contribution in [0.1, 0.15) is 17.5 Å². The zero-order valence-corrected chi connectivity index (χ0v) is 9.93. The summed E-state index contributed by atoms with van der Waals surface area (Å²) in [5.74, 6) is 0. The molecule has 0 saturated carbocycles. The lowest BCUT2D eigenvalue weighted by Gasteiger charge is -2.08. The molecule has 0 N–H and O–H groups in total. The van der Waals surface area contributed by atoms with Crippen LogP contribution in [0, 0.1) is 0 Å². The zero-order chi connectivity index (χ0) is 10.4. The van der Waals surface area contributed by atoms with Crippen molar-refractivity contribution in [3.05, 3.63) is 16.1 Å². The van der Waals surface area contributed by atoms with Crippen LogP contribution in [0.25, 0.3) is 0 Å². The fourth-order valence-electron chi connectivity index (χ4n) is 1.23. The highest BCUT2D eigenvalue weighted by atomic mass is 32.1. The van der Waals surface area contributed by atoms with Crippen LogP contribution in [0.15, 0.2) is 5.51 Å². The maximum Gasteiger partial charge on any atom is 0.0798 e. The Labute approximate surface area is 89.7 Å². The van der Waals surface area contributed by atoms with Crippen LogP contribution in [-0.2, 0) is 17.7 Å². The van der Waals surface area contributed by atoms with Gasteiger partial charge in [-0.15, -0.1) is 11.3 Å². The number of nitrogens with zero attached hydrogens (tertiary/aromatic N) is 2. The van der Waals surface area contributed by atoms with Crippen LogP contribution in [0.3, 0.4) is 0 Å². The van der Waals surface area contributed by atoms with Gasteiger partial charge in [-0.2, -0.15) is 0 Å². The van der Waals surface area contributed by atoms with Crippen LogP contribution >= 0.6 is 11.3 Å². The van der Waals surface area contributed by atoms with Gasteiger partial charge in [0.1, 0.15) is 0 Å². The third kappa shape index (κ3) is 3.74. The summed E-state index contributed by atoms with van der Waals surface area (Å²) in [5, 5.41) is 0. The second-order valence-corrected chi connectivity index (χ2v) is 4.35. The van der Waals surface area contributed by atoms with E-state index in [1.54, 1.807) is 11.3 Å². The number of aromatic nitrogens is 1. The summed E-state index contributed by atoms with van der Waals surface area (Å²) in [4.78, 5) is 7.87. The first-order valence-corrected chi connectivity index (χ1v) is 5.75. The topological polar surface area (TPSA) is 25.4 Å². The molecule has 0 spiro atoms. The Morgan fingerprint density at radius 3 is 2.93 bits per heavy atom. The minimum Gasteiger partial charge on any atom is -0.381 e. The molecule has 0 unspecified atom stereocenters. The van der Waals surface area contributed by atoms with E-state index in [1.165, 1.54) is 10.6 Å². The molecule has 0 radical (unpaired) electrons. The van der Waals surface area contributed by atoms with Crippen molar-refractivity contribution in [2.24, 2.45) is 0 Å². The monoisotopic (exact) mass is 214 g/mol. The first-order chi connectivity index (χ1) is 6.74. The van der Waals surface area contributed by atoms with Crippen LogP contribution in [-0.4, -0.2) is 37.2 Å². The van der Waals surface area contributed by atoms with Gasteiger partial charge < -0.3 is 9.64 Å². The van der Waals surface area contributed by atoms with E-state index in [1.807, 2.05) is 12.4 Å². The largest absolute Gasteiger partial charge is 0.381 e. The van der Waals surface area contributed by atoms with Gasteiger partial charge in [0.15, 0.2) is 0 Å². The average Bonchev–Trinajstić information content (AvgIpc) is 2.52. The summed E-state index contributed by atoms with van der Waals surface area (Å²) in [6, 6.07) is 0. The van der Waals surface area contributed by atoms with E-state index in [9.17, 15) is 0 Å². The van der Waals surface area contributed by atoms with E-state index in [0.717, 1.165) is 26.2 Å². The lowest BCUT2D eigenvalue weighted by molar-refractivity contribution is 0.150. The van der Waals surface area contributed by atoms with Crippen molar-refractivity contribution in [2.45, 2.75) is 19.9 Å². The zero-order valence-electron chi connectivity index (χ0n) is 9.12. The highest BCUT2D eigenvalue weighted by Crippen LogP contribution is 2.15. The Kier molecular flexibility index (Phi) is 5.07. The molecule has 0 aliphatic rings. The predicted octanol–water partition coefficient (Wildman–Crippen LogP) is 1.78. The minimum absolute atomic E-state index is 0.778.